The lowest BCUT2D eigenvalue weighted by Crippen LogP contribution is -2.51. The Morgan fingerprint density at radius 3 is 2.77 bits per heavy atom. The van der Waals surface area contributed by atoms with Crippen LogP contribution in [-0.2, 0) is 4.79 Å². The summed E-state index contributed by atoms with van der Waals surface area (Å²) in [5.41, 5.74) is 0. The molecule has 0 aromatic rings. The molecule has 1 fully saturated rings. The van der Waals surface area contributed by atoms with Crippen LogP contribution in [0.1, 0.15) is 19.8 Å². The molecule has 0 spiro atoms. The van der Waals surface area contributed by atoms with E-state index in [-0.39, 0.29) is 12.0 Å². The minimum atomic E-state index is -0.653. The number of nitrogens with one attached hydrogen (secondary N) is 1. The van der Waals surface area contributed by atoms with E-state index in [1.165, 1.54) is 0 Å². The van der Waals surface area contributed by atoms with Crippen molar-refractivity contribution in [1.29, 1.82) is 0 Å². The van der Waals surface area contributed by atoms with Crippen LogP contribution in [0.15, 0.2) is 0 Å². The quantitative estimate of drug-likeness (QED) is 0.704. The van der Waals surface area contributed by atoms with Crippen molar-refractivity contribution in [2.75, 3.05) is 12.0 Å². The largest absolute Gasteiger partial charge is 0.481 e. The summed E-state index contributed by atoms with van der Waals surface area (Å²) in [4.78, 5) is 10.7. The van der Waals surface area contributed by atoms with Crippen LogP contribution in [-0.4, -0.2) is 35.2 Å². The Morgan fingerprint density at radius 2 is 2.38 bits per heavy atom. The zero-order valence-electron chi connectivity index (χ0n) is 8.12. The Kier molecular flexibility index (Phi) is 4.06. The second-order valence-corrected chi connectivity index (χ2v) is 4.56. The molecule has 4 heteroatoms. The molecule has 2 N–H and O–H groups in total. The smallest absolute Gasteiger partial charge is 0.308 e. The van der Waals surface area contributed by atoms with E-state index in [9.17, 15) is 4.79 Å². The molecule has 3 atom stereocenters. The molecule has 0 heterocycles. The Balaban J connectivity index is 2.25. The van der Waals surface area contributed by atoms with Crippen LogP contribution in [0.5, 0.6) is 0 Å². The normalized spacial score (nSPS) is 29.4. The Morgan fingerprint density at radius 1 is 1.69 bits per heavy atom. The minimum Gasteiger partial charge on any atom is -0.481 e. The summed E-state index contributed by atoms with van der Waals surface area (Å²) in [5.74, 6) is 0.243. The first-order chi connectivity index (χ1) is 6.15. The predicted octanol–water partition coefficient (Wildman–Crippen LogP) is 1.19. The number of carbonyl (C=O) groups is 1. The van der Waals surface area contributed by atoms with E-state index in [4.69, 9.17) is 5.11 Å². The molecule has 1 aliphatic rings. The van der Waals surface area contributed by atoms with Gasteiger partial charge in [0.25, 0.3) is 0 Å². The fraction of sp³-hybridized carbons (Fsp3) is 0.889. The van der Waals surface area contributed by atoms with E-state index in [0.29, 0.717) is 6.04 Å². The van der Waals surface area contributed by atoms with Crippen molar-refractivity contribution >= 4 is 17.7 Å². The Labute approximate surface area is 83.3 Å². The molecule has 1 aliphatic carbocycles. The molecule has 76 valence electrons. The zero-order valence-corrected chi connectivity index (χ0v) is 8.93. The summed E-state index contributed by atoms with van der Waals surface area (Å²) < 4.78 is 0. The average molecular weight is 203 g/mol. The monoisotopic (exact) mass is 203 g/mol. The number of carboxylic acid groups (broad SMARTS) is 1. The first-order valence-electron chi connectivity index (χ1n) is 4.63. The summed E-state index contributed by atoms with van der Waals surface area (Å²) >= 11 is 1.79. The number of carboxylic acids is 1. The Hall–Kier alpha value is -0.220. The number of hydrogen-bond donors (Lipinski definition) is 2. The van der Waals surface area contributed by atoms with E-state index in [1.54, 1.807) is 11.8 Å². The van der Waals surface area contributed by atoms with Crippen LogP contribution in [0, 0.1) is 5.92 Å². The van der Waals surface area contributed by atoms with Gasteiger partial charge in [0.2, 0.25) is 0 Å². The fourth-order valence-electron chi connectivity index (χ4n) is 1.66. The highest BCUT2D eigenvalue weighted by atomic mass is 32.2. The molecular formula is C9H17NO2S. The third-order valence-electron chi connectivity index (χ3n) is 2.51. The lowest BCUT2D eigenvalue weighted by atomic mass is 9.79. The van der Waals surface area contributed by atoms with Crippen LogP contribution in [0.2, 0.25) is 0 Å². The van der Waals surface area contributed by atoms with Crippen molar-refractivity contribution < 1.29 is 9.90 Å². The van der Waals surface area contributed by atoms with Gasteiger partial charge in [0.05, 0.1) is 5.92 Å². The summed E-state index contributed by atoms with van der Waals surface area (Å²) in [6, 6.07) is 0.627. The van der Waals surface area contributed by atoms with Crippen molar-refractivity contribution in [3.05, 3.63) is 0 Å². The van der Waals surface area contributed by atoms with Crippen LogP contribution in [0.3, 0.4) is 0 Å². The lowest BCUT2D eigenvalue weighted by molar-refractivity contribution is -0.146. The minimum absolute atomic E-state index is 0.149. The van der Waals surface area contributed by atoms with Crippen molar-refractivity contribution in [3.8, 4) is 0 Å². The van der Waals surface area contributed by atoms with Gasteiger partial charge in [-0.15, -0.1) is 0 Å². The highest BCUT2D eigenvalue weighted by molar-refractivity contribution is 7.98. The van der Waals surface area contributed by atoms with E-state index < -0.39 is 5.97 Å². The topological polar surface area (TPSA) is 49.3 Å². The molecule has 1 rings (SSSR count). The van der Waals surface area contributed by atoms with Gasteiger partial charge < -0.3 is 10.4 Å². The van der Waals surface area contributed by atoms with Gasteiger partial charge in [-0.1, -0.05) is 0 Å². The molecule has 0 bridgehead atoms. The molecule has 3 nitrogen and oxygen atoms in total. The highest BCUT2D eigenvalue weighted by Gasteiger charge is 2.36. The summed E-state index contributed by atoms with van der Waals surface area (Å²) in [6.45, 7) is 2.10. The second kappa shape index (κ2) is 4.86. The maximum atomic E-state index is 10.7. The van der Waals surface area contributed by atoms with Crippen molar-refractivity contribution in [3.63, 3.8) is 0 Å². The molecule has 0 aromatic carbocycles. The maximum Gasteiger partial charge on any atom is 0.308 e. The van der Waals surface area contributed by atoms with Gasteiger partial charge in [-0.3, -0.25) is 4.79 Å². The molecular weight excluding hydrogens is 186 g/mol. The van der Waals surface area contributed by atoms with Gasteiger partial charge in [0.1, 0.15) is 0 Å². The van der Waals surface area contributed by atoms with Gasteiger partial charge in [-0.05, 0) is 26.0 Å². The first kappa shape index (κ1) is 10.9. The standard InChI is InChI=1S/C9H17NO2S/c1-6(5-13-2)10-8-4-3-7(8)9(11)12/h6-8,10H,3-5H2,1-2H3,(H,11,12). The number of thioether (sulfide) groups is 1. The molecule has 0 aliphatic heterocycles. The van der Waals surface area contributed by atoms with Gasteiger partial charge >= 0.3 is 5.97 Å². The molecule has 0 amide bonds. The maximum absolute atomic E-state index is 10.7. The fourth-order valence-corrected chi connectivity index (χ4v) is 2.25. The third kappa shape index (κ3) is 2.88. The van der Waals surface area contributed by atoms with Gasteiger partial charge in [-0.2, -0.15) is 11.8 Å². The molecule has 0 saturated heterocycles. The summed E-state index contributed by atoms with van der Waals surface area (Å²) in [7, 11) is 0. The van der Waals surface area contributed by atoms with E-state index in [1.807, 2.05) is 0 Å². The summed E-state index contributed by atoms with van der Waals surface area (Å²) in [6.07, 6.45) is 3.91. The predicted molar refractivity (Wildman–Crippen MR) is 55.1 cm³/mol. The van der Waals surface area contributed by atoms with Crippen LogP contribution in [0.4, 0.5) is 0 Å². The van der Waals surface area contributed by atoms with Gasteiger partial charge in [-0.25, -0.2) is 0 Å². The molecule has 13 heavy (non-hydrogen) atoms. The van der Waals surface area contributed by atoms with E-state index >= 15 is 0 Å². The zero-order chi connectivity index (χ0) is 9.84. The highest BCUT2D eigenvalue weighted by Crippen LogP contribution is 2.27. The lowest BCUT2D eigenvalue weighted by Gasteiger charge is -2.36. The Bertz CT molecular complexity index is 186. The van der Waals surface area contributed by atoms with Crippen LogP contribution < -0.4 is 5.32 Å². The molecule has 1 saturated carbocycles. The summed E-state index contributed by atoms with van der Waals surface area (Å²) in [5, 5.41) is 12.1. The number of aliphatic carboxylic acids is 1. The average Bonchev–Trinajstić information content (AvgIpc) is 1.97. The number of rotatable bonds is 5. The third-order valence-corrected chi connectivity index (χ3v) is 3.34. The second-order valence-electron chi connectivity index (χ2n) is 3.65. The van der Waals surface area contributed by atoms with E-state index in [0.717, 1.165) is 18.6 Å². The van der Waals surface area contributed by atoms with Crippen molar-refractivity contribution in [1.82, 2.24) is 5.32 Å². The van der Waals surface area contributed by atoms with Crippen molar-refractivity contribution in [2.24, 2.45) is 5.92 Å². The van der Waals surface area contributed by atoms with E-state index in [2.05, 4.69) is 18.5 Å². The SMILES string of the molecule is CSCC(C)NC1CCC1C(=O)O. The van der Waals surface area contributed by atoms with Crippen molar-refractivity contribution in [2.45, 2.75) is 31.8 Å². The van der Waals surface area contributed by atoms with Crippen LogP contribution >= 0.6 is 11.8 Å². The van der Waals surface area contributed by atoms with Gasteiger partial charge in [0, 0.05) is 17.8 Å². The molecule has 3 unspecified atom stereocenters. The molecule has 0 radical (unpaired) electrons. The van der Waals surface area contributed by atoms with Crippen LogP contribution in [0.25, 0.3) is 0 Å². The number of hydrogen-bond acceptors (Lipinski definition) is 3. The molecule has 0 aromatic heterocycles. The first-order valence-corrected chi connectivity index (χ1v) is 6.02. The van der Waals surface area contributed by atoms with Gasteiger partial charge in [0.15, 0.2) is 0 Å².